The van der Waals surface area contributed by atoms with E-state index in [1.54, 1.807) is 4.90 Å². The summed E-state index contributed by atoms with van der Waals surface area (Å²) in [5.74, 6) is 0.756. The van der Waals surface area contributed by atoms with Crippen LogP contribution in [0.5, 0.6) is 0 Å². The minimum atomic E-state index is 0. The number of carbonyl (C=O) groups is 1. The average molecular weight is 349 g/mol. The van der Waals surface area contributed by atoms with Crippen molar-refractivity contribution in [3.8, 4) is 0 Å². The lowest BCUT2D eigenvalue weighted by atomic mass is 9.88. The molecule has 1 saturated carbocycles. The van der Waals surface area contributed by atoms with Crippen LogP contribution < -0.4 is 17.3 Å². The summed E-state index contributed by atoms with van der Waals surface area (Å²) in [6.07, 6.45) is 10.5. The Morgan fingerprint density at radius 1 is 1.08 bits per heavy atom. The molecule has 1 saturated heterocycles. The summed E-state index contributed by atoms with van der Waals surface area (Å²) < 4.78 is 0. The van der Waals surface area contributed by atoms with E-state index in [1.807, 2.05) is 6.07 Å². The third kappa shape index (κ3) is 5.35. The number of piperazine rings is 1. The van der Waals surface area contributed by atoms with Gasteiger partial charge in [-0.15, -0.1) is 0 Å². The van der Waals surface area contributed by atoms with E-state index in [0.29, 0.717) is 11.8 Å². The predicted octanol–water partition coefficient (Wildman–Crippen LogP) is -0.989. The second-order valence-electron chi connectivity index (χ2n) is 6.93. The first-order valence-corrected chi connectivity index (χ1v) is 9.17. The fourth-order valence-corrected chi connectivity index (χ4v) is 3.78. The van der Waals surface area contributed by atoms with Crippen molar-refractivity contribution in [3.63, 3.8) is 0 Å². The van der Waals surface area contributed by atoms with Gasteiger partial charge in [0.2, 0.25) is 5.91 Å². The summed E-state index contributed by atoms with van der Waals surface area (Å²) in [6, 6.07) is 10.5. The number of hydrogen-bond acceptors (Lipinski definition) is 1. The minimum absolute atomic E-state index is 0. The molecule has 1 amide bonds. The zero-order valence-electron chi connectivity index (χ0n) is 14.4. The molecule has 1 heterocycles. The largest absolute Gasteiger partial charge is 1.00 e. The molecule has 0 aromatic heterocycles. The molecule has 1 aliphatic heterocycles. The van der Waals surface area contributed by atoms with Gasteiger partial charge >= 0.3 is 0 Å². The molecule has 1 N–H and O–H groups in total. The molecule has 1 aromatic rings. The molecule has 24 heavy (non-hydrogen) atoms. The Kier molecular flexibility index (Phi) is 7.80. The van der Waals surface area contributed by atoms with Crippen LogP contribution in [-0.4, -0.2) is 43.5 Å². The number of amides is 1. The van der Waals surface area contributed by atoms with Crippen LogP contribution in [0.3, 0.4) is 0 Å². The van der Waals surface area contributed by atoms with Gasteiger partial charge in [-0.25, -0.2) is 0 Å². The number of quaternary nitrogens is 1. The standard InChI is InChI=1S/C20H28N2O.ClH/c23-20(19-11-5-2-6-12-19)22-16-14-21(15-17-22)13-7-10-18-8-3-1-4-9-18;/h1,3-4,7-10,19H,2,5-6,11-17H2;1H. The molecule has 0 unspecified atom stereocenters. The average Bonchev–Trinajstić information content (AvgIpc) is 2.63. The van der Waals surface area contributed by atoms with Crippen LogP contribution in [0.15, 0.2) is 36.4 Å². The summed E-state index contributed by atoms with van der Waals surface area (Å²) in [6.45, 7) is 5.09. The number of carbonyl (C=O) groups excluding carboxylic acids is 1. The number of halogens is 1. The van der Waals surface area contributed by atoms with Crippen molar-refractivity contribution in [2.75, 3.05) is 32.7 Å². The second-order valence-corrected chi connectivity index (χ2v) is 6.93. The molecule has 4 heteroatoms. The van der Waals surface area contributed by atoms with Gasteiger partial charge in [-0.2, -0.15) is 0 Å². The van der Waals surface area contributed by atoms with Gasteiger partial charge in [0.05, 0.1) is 32.7 Å². The molecule has 1 aromatic carbocycles. The molecule has 3 rings (SSSR count). The minimum Gasteiger partial charge on any atom is -1.00 e. The molecule has 0 bridgehead atoms. The highest BCUT2D eigenvalue weighted by atomic mass is 35.5. The molecule has 0 atom stereocenters. The van der Waals surface area contributed by atoms with Gasteiger partial charge in [0.15, 0.2) is 0 Å². The van der Waals surface area contributed by atoms with Gasteiger partial charge < -0.3 is 22.2 Å². The predicted molar refractivity (Wildman–Crippen MR) is 94.2 cm³/mol. The monoisotopic (exact) mass is 348 g/mol. The fourth-order valence-electron chi connectivity index (χ4n) is 3.78. The fraction of sp³-hybridized carbons (Fsp3) is 0.550. The summed E-state index contributed by atoms with van der Waals surface area (Å²) in [5, 5.41) is 0. The molecule has 132 valence electrons. The maximum absolute atomic E-state index is 12.6. The van der Waals surface area contributed by atoms with E-state index >= 15 is 0 Å². The smallest absolute Gasteiger partial charge is 0.226 e. The van der Waals surface area contributed by atoms with Gasteiger partial charge in [0, 0.05) is 5.92 Å². The molecular formula is C20H29ClN2O. The van der Waals surface area contributed by atoms with Gasteiger partial charge in [0.1, 0.15) is 0 Å². The first-order chi connectivity index (χ1) is 11.3. The van der Waals surface area contributed by atoms with Crippen molar-refractivity contribution in [1.82, 2.24) is 4.90 Å². The van der Waals surface area contributed by atoms with E-state index < -0.39 is 0 Å². The highest BCUT2D eigenvalue weighted by molar-refractivity contribution is 5.79. The van der Waals surface area contributed by atoms with Crippen LogP contribution in [0.4, 0.5) is 0 Å². The van der Waals surface area contributed by atoms with Crippen LogP contribution in [-0.2, 0) is 4.79 Å². The zero-order chi connectivity index (χ0) is 15.9. The highest BCUT2D eigenvalue weighted by Gasteiger charge is 2.29. The van der Waals surface area contributed by atoms with E-state index in [4.69, 9.17) is 0 Å². The van der Waals surface area contributed by atoms with Crippen molar-refractivity contribution >= 4 is 12.0 Å². The van der Waals surface area contributed by atoms with Gasteiger partial charge in [-0.05, 0) is 24.5 Å². The summed E-state index contributed by atoms with van der Waals surface area (Å²) >= 11 is 0. The first kappa shape index (κ1) is 19.0. The Bertz CT molecular complexity index is 518. The van der Waals surface area contributed by atoms with E-state index in [0.717, 1.165) is 45.6 Å². The highest BCUT2D eigenvalue weighted by Crippen LogP contribution is 2.25. The van der Waals surface area contributed by atoms with E-state index in [2.05, 4.69) is 41.3 Å². The van der Waals surface area contributed by atoms with E-state index in [-0.39, 0.29) is 12.4 Å². The third-order valence-electron chi connectivity index (χ3n) is 5.25. The number of rotatable bonds is 4. The molecular weight excluding hydrogens is 320 g/mol. The van der Waals surface area contributed by atoms with Crippen molar-refractivity contribution in [1.29, 1.82) is 0 Å². The summed E-state index contributed by atoms with van der Waals surface area (Å²) in [7, 11) is 0. The lowest BCUT2D eigenvalue weighted by Crippen LogP contribution is -3.14. The molecule has 1 aliphatic carbocycles. The Balaban J connectivity index is 0.00000208. The van der Waals surface area contributed by atoms with Crippen LogP contribution in [0.1, 0.15) is 37.7 Å². The summed E-state index contributed by atoms with van der Waals surface area (Å²) in [4.78, 5) is 16.3. The topological polar surface area (TPSA) is 24.8 Å². The Morgan fingerprint density at radius 3 is 2.42 bits per heavy atom. The lowest BCUT2D eigenvalue weighted by molar-refractivity contribution is -0.898. The van der Waals surface area contributed by atoms with Gasteiger partial charge in [-0.1, -0.05) is 55.7 Å². The van der Waals surface area contributed by atoms with Crippen molar-refractivity contribution in [2.24, 2.45) is 5.92 Å². The number of hydrogen-bond donors (Lipinski definition) is 1. The van der Waals surface area contributed by atoms with E-state index in [1.165, 1.54) is 24.8 Å². The number of nitrogens with zero attached hydrogens (tertiary/aromatic N) is 1. The maximum atomic E-state index is 12.6. The zero-order valence-corrected chi connectivity index (χ0v) is 15.2. The second kappa shape index (κ2) is 9.85. The van der Waals surface area contributed by atoms with Gasteiger partial charge in [-0.3, -0.25) is 4.79 Å². The van der Waals surface area contributed by atoms with Crippen LogP contribution in [0, 0.1) is 5.92 Å². The van der Waals surface area contributed by atoms with E-state index in [9.17, 15) is 4.79 Å². The van der Waals surface area contributed by atoms with Crippen LogP contribution >= 0.6 is 0 Å². The lowest BCUT2D eigenvalue weighted by Gasteiger charge is -2.34. The van der Waals surface area contributed by atoms with Crippen LogP contribution in [0.2, 0.25) is 0 Å². The number of nitrogens with one attached hydrogen (secondary N) is 1. The van der Waals surface area contributed by atoms with Crippen molar-refractivity contribution < 1.29 is 22.1 Å². The quantitative estimate of drug-likeness (QED) is 0.742. The molecule has 3 nitrogen and oxygen atoms in total. The Labute approximate surface area is 152 Å². The Hall–Kier alpha value is -1.32. The third-order valence-corrected chi connectivity index (χ3v) is 5.25. The summed E-state index contributed by atoms with van der Waals surface area (Å²) in [5.41, 5.74) is 1.26. The maximum Gasteiger partial charge on any atom is 0.226 e. The molecule has 2 fully saturated rings. The number of benzene rings is 1. The SMILES string of the molecule is O=C(C1CCCCC1)N1CC[NH+](CC=Cc2ccccc2)CC1.[Cl-]. The van der Waals surface area contributed by atoms with Crippen LogP contribution in [0.25, 0.3) is 6.08 Å². The molecule has 0 radical (unpaired) electrons. The van der Waals surface area contributed by atoms with Crippen molar-refractivity contribution in [3.05, 3.63) is 42.0 Å². The normalized spacial score (nSPS) is 20.1. The van der Waals surface area contributed by atoms with Crippen molar-refractivity contribution in [2.45, 2.75) is 32.1 Å². The molecule has 0 spiro atoms. The Morgan fingerprint density at radius 2 is 1.75 bits per heavy atom. The van der Waals surface area contributed by atoms with Gasteiger partial charge in [0.25, 0.3) is 0 Å². The molecule has 2 aliphatic rings. The first-order valence-electron chi connectivity index (χ1n) is 9.17.